The molecule has 0 spiro atoms. The Morgan fingerprint density at radius 2 is 1.72 bits per heavy atom. The van der Waals surface area contributed by atoms with Crippen LogP contribution in [0, 0.1) is 6.92 Å². The number of nitrogens with zero attached hydrogens (tertiary/aromatic N) is 2. The minimum Gasteiger partial charge on any atom is -0.497 e. The van der Waals surface area contributed by atoms with Gasteiger partial charge in [0.15, 0.2) is 0 Å². The number of aromatic nitrogens is 1. The number of fused-ring (bicyclic) bond motifs is 1. The van der Waals surface area contributed by atoms with E-state index >= 15 is 0 Å². The van der Waals surface area contributed by atoms with Gasteiger partial charge in [-0.1, -0.05) is 23.8 Å². The van der Waals surface area contributed by atoms with Crippen LogP contribution in [0.4, 0.5) is 5.69 Å². The van der Waals surface area contributed by atoms with Crippen molar-refractivity contribution < 1.29 is 27.4 Å². The fraction of sp³-hybridized carbons (Fsp3) is 0.217. The minimum absolute atomic E-state index is 0.0771. The van der Waals surface area contributed by atoms with Crippen LogP contribution in [0.1, 0.15) is 22.6 Å². The van der Waals surface area contributed by atoms with E-state index in [0.29, 0.717) is 16.9 Å². The van der Waals surface area contributed by atoms with Gasteiger partial charge in [0, 0.05) is 17.8 Å². The van der Waals surface area contributed by atoms with Gasteiger partial charge in [-0.15, -0.1) is 0 Å². The highest BCUT2D eigenvalue weighted by molar-refractivity contribution is 7.93. The lowest BCUT2D eigenvalue weighted by Gasteiger charge is -2.20. The van der Waals surface area contributed by atoms with E-state index in [9.17, 15) is 13.2 Å². The zero-order valence-electron chi connectivity index (χ0n) is 18.0. The summed E-state index contributed by atoms with van der Waals surface area (Å²) in [6.07, 6.45) is 1.55. The van der Waals surface area contributed by atoms with Gasteiger partial charge in [-0.05, 0) is 36.8 Å². The number of hydrogen-bond acceptors (Lipinski definition) is 7. The number of ether oxygens (including phenoxy) is 3. The molecule has 1 aromatic heterocycles. The zero-order chi connectivity index (χ0) is 23.0. The molecular weight excluding hydrogens is 432 g/mol. The third kappa shape index (κ3) is 3.34. The molecule has 0 bridgehead atoms. The summed E-state index contributed by atoms with van der Waals surface area (Å²) in [6, 6.07) is 13.0. The van der Waals surface area contributed by atoms with Crippen LogP contribution in [-0.2, 0) is 14.8 Å². The van der Waals surface area contributed by atoms with E-state index in [4.69, 9.17) is 14.2 Å². The van der Waals surface area contributed by atoms with Gasteiger partial charge in [0.05, 0.1) is 32.9 Å². The highest BCUT2D eigenvalue weighted by Crippen LogP contribution is 2.47. The van der Waals surface area contributed by atoms with Crippen molar-refractivity contribution in [3.8, 4) is 17.4 Å². The Hall–Kier alpha value is -3.59. The Morgan fingerprint density at radius 1 is 0.938 bits per heavy atom. The second-order valence-corrected chi connectivity index (χ2v) is 8.98. The van der Waals surface area contributed by atoms with Crippen molar-refractivity contribution in [3.05, 3.63) is 71.4 Å². The molecule has 0 radical (unpaired) electrons. The third-order valence-electron chi connectivity index (χ3n) is 5.35. The van der Waals surface area contributed by atoms with Crippen LogP contribution in [0.25, 0.3) is 0 Å². The molecule has 1 aliphatic rings. The maximum atomic E-state index is 13.7. The Balaban J connectivity index is 1.92. The number of rotatable bonds is 6. The highest BCUT2D eigenvalue weighted by Gasteiger charge is 2.46. The Morgan fingerprint density at radius 3 is 2.41 bits per heavy atom. The predicted octanol–water partition coefficient (Wildman–Crippen LogP) is 3.28. The molecule has 4 rings (SSSR count). The molecule has 1 unspecified atom stereocenters. The molecule has 2 heterocycles. The van der Waals surface area contributed by atoms with Gasteiger partial charge in [-0.3, -0.25) is 4.79 Å². The molecule has 166 valence electrons. The number of carbonyl (C=O) groups is 1. The molecular formula is C23H22N2O6S. The van der Waals surface area contributed by atoms with Crippen molar-refractivity contribution in [1.29, 1.82) is 0 Å². The lowest BCUT2D eigenvalue weighted by Crippen LogP contribution is -2.35. The number of anilines is 1. The molecule has 32 heavy (non-hydrogen) atoms. The topological polar surface area (TPSA) is 95.0 Å². The molecule has 8 nitrogen and oxygen atoms in total. The molecule has 0 fully saturated rings. The van der Waals surface area contributed by atoms with Gasteiger partial charge in [-0.25, -0.2) is 17.7 Å². The van der Waals surface area contributed by atoms with Gasteiger partial charge in [-0.2, -0.15) is 0 Å². The SMILES string of the molecule is COc1ccc(S(=O)(=O)N2C(=O)C(c3cccnc3OC)c3cc(C)ccc32)c(OC)c1. The molecule has 9 heteroatoms. The standard InChI is InChI=1S/C23H22N2O6S/c1-14-7-9-18-17(12-14)21(16-6-5-11-24-22(16)31-4)23(26)25(18)32(27,28)20-10-8-15(29-2)13-19(20)30-3/h5-13,21H,1-4H3. The first-order chi connectivity index (χ1) is 15.3. The van der Waals surface area contributed by atoms with Crippen molar-refractivity contribution >= 4 is 21.6 Å². The fourth-order valence-electron chi connectivity index (χ4n) is 3.89. The number of sulfonamides is 1. The molecule has 1 atom stereocenters. The first kappa shape index (κ1) is 21.6. The Kier molecular flexibility index (Phi) is 5.52. The molecule has 3 aromatic rings. The molecule has 0 saturated heterocycles. The van der Waals surface area contributed by atoms with Crippen LogP contribution < -0.4 is 18.5 Å². The summed E-state index contributed by atoms with van der Waals surface area (Å²) in [5, 5.41) is 0. The lowest BCUT2D eigenvalue weighted by molar-refractivity contribution is -0.117. The van der Waals surface area contributed by atoms with Crippen LogP contribution in [0.3, 0.4) is 0 Å². The maximum Gasteiger partial charge on any atom is 0.274 e. The van der Waals surface area contributed by atoms with E-state index in [1.807, 2.05) is 13.0 Å². The summed E-state index contributed by atoms with van der Waals surface area (Å²) in [4.78, 5) is 17.7. The van der Waals surface area contributed by atoms with E-state index in [0.717, 1.165) is 9.87 Å². The molecule has 1 aliphatic heterocycles. The predicted molar refractivity (Wildman–Crippen MR) is 118 cm³/mol. The van der Waals surface area contributed by atoms with Gasteiger partial charge in [0.1, 0.15) is 16.4 Å². The number of amides is 1. The van der Waals surface area contributed by atoms with E-state index in [-0.39, 0.29) is 22.2 Å². The van der Waals surface area contributed by atoms with Crippen LogP contribution in [-0.4, -0.2) is 40.6 Å². The third-order valence-corrected chi connectivity index (χ3v) is 7.10. The number of methoxy groups -OCH3 is 3. The number of aryl methyl sites for hydroxylation is 1. The van der Waals surface area contributed by atoms with Crippen molar-refractivity contribution in [2.75, 3.05) is 25.6 Å². The average molecular weight is 455 g/mol. The quantitative estimate of drug-likeness (QED) is 0.564. The van der Waals surface area contributed by atoms with Crippen LogP contribution in [0.15, 0.2) is 59.6 Å². The normalized spacial score (nSPS) is 15.4. The summed E-state index contributed by atoms with van der Waals surface area (Å²) < 4.78 is 44.1. The molecule has 0 aliphatic carbocycles. The molecule has 2 aromatic carbocycles. The smallest absolute Gasteiger partial charge is 0.274 e. The second-order valence-electron chi connectivity index (χ2n) is 7.22. The van der Waals surface area contributed by atoms with Gasteiger partial charge in [0.25, 0.3) is 15.9 Å². The van der Waals surface area contributed by atoms with Crippen molar-refractivity contribution in [3.63, 3.8) is 0 Å². The summed E-state index contributed by atoms with van der Waals surface area (Å²) in [6.45, 7) is 1.88. The first-order valence-corrected chi connectivity index (χ1v) is 11.2. The van der Waals surface area contributed by atoms with Crippen LogP contribution >= 0.6 is 0 Å². The zero-order valence-corrected chi connectivity index (χ0v) is 18.8. The van der Waals surface area contributed by atoms with E-state index in [1.165, 1.54) is 39.5 Å². The molecule has 0 saturated carbocycles. The van der Waals surface area contributed by atoms with Gasteiger partial charge < -0.3 is 14.2 Å². The molecule has 0 N–H and O–H groups in total. The summed E-state index contributed by atoms with van der Waals surface area (Å²) in [5.74, 6) is -0.724. The summed E-state index contributed by atoms with van der Waals surface area (Å²) >= 11 is 0. The average Bonchev–Trinajstić information content (AvgIpc) is 3.09. The van der Waals surface area contributed by atoms with Crippen molar-refractivity contribution in [1.82, 2.24) is 4.98 Å². The fourth-order valence-corrected chi connectivity index (χ4v) is 5.49. The second kappa shape index (κ2) is 8.16. The van der Waals surface area contributed by atoms with Gasteiger partial charge in [0.2, 0.25) is 5.88 Å². The highest BCUT2D eigenvalue weighted by atomic mass is 32.2. The summed E-state index contributed by atoms with van der Waals surface area (Å²) in [5.41, 5.74) is 2.24. The largest absolute Gasteiger partial charge is 0.497 e. The Labute approximate surface area is 186 Å². The van der Waals surface area contributed by atoms with E-state index in [2.05, 4.69) is 4.98 Å². The van der Waals surface area contributed by atoms with Gasteiger partial charge >= 0.3 is 0 Å². The summed E-state index contributed by atoms with van der Waals surface area (Å²) in [7, 11) is -0.0119. The van der Waals surface area contributed by atoms with Crippen molar-refractivity contribution in [2.45, 2.75) is 17.7 Å². The van der Waals surface area contributed by atoms with E-state index < -0.39 is 21.8 Å². The monoisotopic (exact) mass is 454 g/mol. The lowest BCUT2D eigenvalue weighted by atomic mass is 9.92. The van der Waals surface area contributed by atoms with Crippen LogP contribution in [0.2, 0.25) is 0 Å². The number of hydrogen-bond donors (Lipinski definition) is 0. The van der Waals surface area contributed by atoms with Crippen molar-refractivity contribution in [2.24, 2.45) is 0 Å². The van der Waals surface area contributed by atoms with E-state index in [1.54, 1.807) is 30.5 Å². The Bertz CT molecular complexity index is 1310. The first-order valence-electron chi connectivity index (χ1n) is 9.74. The minimum atomic E-state index is -4.30. The number of benzene rings is 2. The maximum absolute atomic E-state index is 13.7. The number of carbonyl (C=O) groups excluding carboxylic acids is 1. The van der Waals surface area contributed by atoms with Crippen LogP contribution in [0.5, 0.6) is 17.4 Å². The number of pyridine rings is 1. The molecule has 1 amide bonds.